The van der Waals surface area contributed by atoms with Crippen molar-refractivity contribution in [1.82, 2.24) is 9.88 Å². The van der Waals surface area contributed by atoms with Gasteiger partial charge in [0.25, 0.3) is 5.91 Å². The third-order valence-corrected chi connectivity index (χ3v) is 3.33. The summed E-state index contributed by atoms with van der Waals surface area (Å²) < 4.78 is 43.1. The standard InChI is InChI=1S/C13H17F3N2O2/c1-2-10-8-18(4-3-5-20-10)12(19)9-6-11(17-7-9)13(14,15)16/h6-7,10,17H,2-5,8H2,1H3/t10-/m1/s1. The van der Waals surface area contributed by atoms with Crippen molar-refractivity contribution in [3.05, 3.63) is 23.5 Å². The maximum Gasteiger partial charge on any atom is 0.431 e. The molecule has 2 rings (SSSR count). The number of ether oxygens (including phenoxy) is 1. The Hall–Kier alpha value is -1.50. The number of nitrogens with zero attached hydrogens (tertiary/aromatic N) is 1. The first-order valence-corrected chi connectivity index (χ1v) is 6.58. The highest BCUT2D eigenvalue weighted by molar-refractivity contribution is 5.94. The van der Waals surface area contributed by atoms with Crippen molar-refractivity contribution in [1.29, 1.82) is 0 Å². The zero-order chi connectivity index (χ0) is 14.8. The third-order valence-electron chi connectivity index (χ3n) is 3.33. The van der Waals surface area contributed by atoms with Crippen LogP contribution in [-0.2, 0) is 10.9 Å². The van der Waals surface area contributed by atoms with E-state index in [1.165, 1.54) is 0 Å². The fourth-order valence-electron chi connectivity index (χ4n) is 2.19. The van der Waals surface area contributed by atoms with E-state index in [1.54, 1.807) is 4.90 Å². The van der Waals surface area contributed by atoms with Crippen molar-refractivity contribution in [3.8, 4) is 0 Å². The zero-order valence-electron chi connectivity index (χ0n) is 11.2. The Balaban J connectivity index is 2.11. The maximum absolute atomic E-state index is 12.5. The second-order valence-electron chi connectivity index (χ2n) is 4.81. The van der Waals surface area contributed by atoms with E-state index in [0.29, 0.717) is 26.1 Å². The average Bonchev–Trinajstić information content (AvgIpc) is 2.77. The van der Waals surface area contributed by atoms with Gasteiger partial charge in [0, 0.05) is 25.9 Å². The molecular formula is C13H17F3N2O2. The van der Waals surface area contributed by atoms with E-state index in [1.807, 2.05) is 6.92 Å². The Kier molecular flexibility index (Phi) is 4.37. The number of carbonyl (C=O) groups is 1. The Morgan fingerprint density at radius 3 is 2.90 bits per heavy atom. The minimum Gasteiger partial charge on any atom is -0.376 e. The van der Waals surface area contributed by atoms with Gasteiger partial charge in [0.1, 0.15) is 5.69 Å². The quantitative estimate of drug-likeness (QED) is 0.910. The Morgan fingerprint density at radius 1 is 1.55 bits per heavy atom. The highest BCUT2D eigenvalue weighted by Crippen LogP contribution is 2.28. The maximum atomic E-state index is 12.5. The molecule has 1 amide bonds. The van der Waals surface area contributed by atoms with Gasteiger partial charge in [0.05, 0.1) is 11.7 Å². The summed E-state index contributed by atoms with van der Waals surface area (Å²) in [6.07, 6.45) is -1.95. The molecule has 0 bridgehead atoms. The van der Waals surface area contributed by atoms with Crippen LogP contribution in [0.1, 0.15) is 35.8 Å². The smallest absolute Gasteiger partial charge is 0.376 e. The number of amides is 1. The lowest BCUT2D eigenvalue weighted by Gasteiger charge is -2.22. The molecule has 0 aromatic carbocycles. The number of halogens is 3. The lowest BCUT2D eigenvalue weighted by atomic mass is 10.2. The molecule has 1 fully saturated rings. The molecule has 2 heterocycles. The summed E-state index contributed by atoms with van der Waals surface area (Å²) in [6.45, 7) is 3.45. The average molecular weight is 290 g/mol. The number of carbonyl (C=O) groups excluding carboxylic acids is 1. The summed E-state index contributed by atoms with van der Waals surface area (Å²) in [7, 11) is 0. The molecule has 1 aromatic rings. The second-order valence-corrected chi connectivity index (χ2v) is 4.81. The summed E-state index contributed by atoms with van der Waals surface area (Å²) in [5.74, 6) is -0.388. The number of rotatable bonds is 2. The number of aromatic amines is 1. The van der Waals surface area contributed by atoms with Crippen molar-refractivity contribution in [2.24, 2.45) is 0 Å². The molecular weight excluding hydrogens is 273 g/mol. The van der Waals surface area contributed by atoms with Gasteiger partial charge in [-0.25, -0.2) is 0 Å². The van der Waals surface area contributed by atoms with Crippen LogP contribution < -0.4 is 0 Å². The molecule has 1 atom stereocenters. The number of nitrogens with one attached hydrogen (secondary N) is 1. The Bertz CT molecular complexity index is 470. The van der Waals surface area contributed by atoms with Gasteiger partial charge in [-0.05, 0) is 18.9 Å². The fraction of sp³-hybridized carbons (Fsp3) is 0.615. The van der Waals surface area contributed by atoms with E-state index in [0.717, 1.165) is 18.7 Å². The van der Waals surface area contributed by atoms with E-state index in [-0.39, 0.29) is 17.6 Å². The normalized spacial score (nSPS) is 20.8. The molecule has 112 valence electrons. The number of alkyl halides is 3. The highest BCUT2D eigenvalue weighted by atomic mass is 19.4. The SMILES string of the molecule is CC[C@@H]1CN(C(=O)c2c[nH]c(C(F)(F)F)c2)CCCO1. The lowest BCUT2D eigenvalue weighted by Crippen LogP contribution is -2.36. The van der Waals surface area contributed by atoms with Gasteiger partial charge in [-0.15, -0.1) is 0 Å². The van der Waals surface area contributed by atoms with Crippen molar-refractivity contribution in [3.63, 3.8) is 0 Å². The number of hydrogen-bond acceptors (Lipinski definition) is 2. The number of hydrogen-bond donors (Lipinski definition) is 1. The van der Waals surface area contributed by atoms with Gasteiger partial charge >= 0.3 is 6.18 Å². The van der Waals surface area contributed by atoms with Crippen LogP contribution in [0.3, 0.4) is 0 Å². The van der Waals surface area contributed by atoms with Crippen LogP contribution in [0.5, 0.6) is 0 Å². The number of aromatic nitrogens is 1. The van der Waals surface area contributed by atoms with Crippen LogP contribution in [0.25, 0.3) is 0 Å². The summed E-state index contributed by atoms with van der Waals surface area (Å²) >= 11 is 0. The van der Waals surface area contributed by atoms with Crippen LogP contribution in [0.4, 0.5) is 13.2 Å². The first kappa shape index (κ1) is 14.9. The third kappa shape index (κ3) is 3.33. The monoisotopic (exact) mass is 290 g/mol. The largest absolute Gasteiger partial charge is 0.431 e. The summed E-state index contributed by atoms with van der Waals surface area (Å²) in [5.41, 5.74) is -0.868. The van der Waals surface area contributed by atoms with Gasteiger partial charge in [0.15, 0.2) is 0 Å². The molecule has 7 heteroatoms. The van der Waals surface area contributed by atoms with Crippen LogP contribution >= 0.6 is 0 Å². The molecule has 0 unspecified atom stereocenters. The fourth-order valence-corrected chi connectivity index (χ4v) is 2.19. The van der Waals surface area contributed by atoms with E-state index in [2.05, 4.69) is 4.98 Å². The molecule has 20 heavy (non-hydrogen) atoms. The first-order chi connectivity index (χ1) is 9.41. The van der Waals surface area contributed by atoms with Crippen LogP contribution in [-0.4, -0.2) is 41.6 Å². The summed E-state index contributed by atoms with van der Waals surface area (Å²) in [4.78, 5) is 15.9. The highest BCUT2D eigenvalue weighted by Gasteiger charge is 2.33. The number of H-pyrrole nitrogens is 1. The minimum atomic E-state index is -4.47. The van der Waals surface area contributed by atoms with Gasteiger partial charge < -0.3 is 14.6 Å². The molecule has 0 saturated carbocycles. The van der Waals surface area contributed by atoms with Gasteiger partial charge in [-0.1, -0.05) is 6.92 Å². The van der Waals surface area contributed by atoms with Crippen molar-refractivity contribution in [2.45, 2.75) is 32.0 Å². The Labute approximate surface area is 114 Å². The molecule has 1 aromatic heterocycles. The molecule has 0 aliphatic carbocycles. The topological polar surface area (TPSA) is 45.3 Å². The minimum absolute atomic E-state index is 0.0362. The molecule has 1 N–H and O–H groups in total. The van der Waals surface area contributed by atoms with E-state index < -0.39 is 11.9 Å². The van der Waals surface area contributed by atoms with Crippen molar-refractivity contribution in [2.75, 3.05) is 19.7 Å². The van der Waals surface area contributed by atoms with Crippen LogP contribution in [0, 0.1) is 0 Å². The second kappa shape index (κ2) is 5.87. The van der Waals surface area contributed by atoms with Crippen molar-refractivity contribution >= 4 is 5.91 Å². The lowest BCUT2D eigenvalue weighted by molar-refractivity contribution is -0.140. The van der Waals surface area contributed by atoms with Gasteiger partial charge in [0.2, 0.25) is 0 Å². The molecule has 0 spiro atoms. The Morgan fingerprint density at radius 2 is 2.30 bits per heavy atom. The predicted octanol–water partition coefficient (Wildman–Crippen LogP) is 2.67. The summed E-state index contributed by atoms with van der Waals surface area (Å²) in [6, 6.07) is 0.856. The van der Waals surface area contributed by atoms with E-state index in [4.69, 9.17) is 4.74 Å². The van der Waals surface area contributed by atoms with Crippen LogP contribution in [0.2, 0.25) is 0 Å². The zero-order valence-corrected chi connectivity index (χ0v) is 11.2. The van der Waals surface area contributed by atoms with E-state index in [9.17, 15) is 18.0 Å². The molecule has 1 aliphatic rings. The van der Waals surface area contributed by atoms with Gasteiger partial charge in [-0.2, -0.15) is 13.2 Å². The van der Waals surface area contributed by atoms with Crippen LogP contribution in [0.15, 0.2) is 12.3 Å². The molecule has 1 aliphatic heterocycles. The first-order valence-electron chi connectivity index (χ1n) is 6.58. The van der Waals surface area contributed by atoms with Crippen molar-refractivity contribution < 1.29 is 22.7 Å². The molecule has 4 nitrogen and oxygen atoms in total. The molecule has 1 saturated heterocycles. The summed E-state index contributed by atoms with van der Waals surface area (Å²) in [5, 5.41) is 0. The predicted molar refractivity (Wildman–Crippen MR) is 66.3 cm³/mol. The van der Waals surface area contributed by atoms with E-state index >= 15 is 0 Å². The van der Waals surface area contributed by atoms with Gasteiger partial charge in [-0.3, -0.25) is 4.79 Å². The molecule has 0 radical (unpaired) electrons.